The third-order valence-corrected chi connectivity index (χ3v) is 5.48. The summed E-state index contributed by atoms with van der Waals surface area (Å²) in [6, 6.07) is 22.5. The van der Waals surface area contributed by atoms with Crippen LogP contribution in [0.3, 0.4) is 0 Å². The monoisotopic (exact) mass is 402 g/mol. The van der Waals surface area contributed by atoms with Crippen LogP contribution in [0.25, 0.3) is 21.8 Å². The molecule has 3 aromatic carbocycles. The molecule has 0 aliphatic carbocycles. The van der Waals surface area contributed by atoms with E-state index in [4.69, 9.17) is 9.72 Å². The standard InChI is InChI=1S/C23H18N2O3S/c1-16-6-2-5-9-22(16)28-14-18-7-3-4-8-20(18)23-24-21(15-29-23)17-10-12-19(13-11-17)25(26)27/h2-13,15H,14H2,1H3. The number of thiazole rings is 1. The number of para-hydroxylation sites is 1. The molecule has 0 saturated heterocycles. The van der Waals surface area contributed by atoms with Crippen LogP contribution in [0.2, 0.25) is 0 Å². The lowest BCUT2D eigenvalue weighted by Crippen LogP contribution is -1.99. The van der Waals surface area contributed by atoms with Crippen molar-refractivity contribution in [1.29, 1.82) is 0 Å². The number of nitrogens with zero attached hydrogens (tertiary/aromatic N) is 2. The molecule has 0 amide bonds. The zero-order valence-electron chi connectivity index (χ0n) is 15.7. The summed E-state index contributed by atoms with van der Waals surface area (Å²) in [6.07, 6.45) is 0. The molecule has 0 aliphatic rings. The van der Waals surface area contributed by atoms with Crippen molar-refractivity contribution in [2.75, 3.05) is 0 Å². The van der Waals surface area contributed by atoms with Crippen LogP contribution in [0.5, 0.6) is 5.75 Å². The van der Waals surface area contributed by atoms with E-state index in [2.05, 4.69) is 0 Å². The third kappa shape index (κ3) is 4.17. The Bertz CT molecular complexity index is 1150. The summed E-state index contributed by atoms with van der Waals surface area (Å²) in [5.74, 6) is 0.869. The van der Waals surface area contributed by atoms with Crippen LogP contribution in [0.1, 0.15) is 11.1 Å². The van der Waals surface area contributed by atoms with Gasteiger partial charge >= 0.3 is 0 Å². The van der Waals surface area contributed by atoms with Crippen molar-refractivity contribution in [2.24, 2.45) is 0 Å². The summed E-state index contributed by atoms with van der Waals surface area (Å²) < 4.78 is 6.03. The predicted molar refractivity (Wildman–Crippen MR) is 115 cm³/mol. The highest BCUT2D eigenvalue weighted by Gasteiger charge is 2.12. The topological polar surface area (TPSA) is 65.3 Å². The van der Waals surface area contributed by atoms with Gasteiger partial charge < -0.3 is 4.74 Å². The van der Waals surface area contributed by atoms with Gasteiger partial charge in [-0.05, 0) is 36.2 Å². The molecule has 0 N–H and O–H groups in total. The zero-order valence-corrected chi connectivity index (χ0v) is 16.6. The predicted octanol–water partition coefficient (Wildman–Crippen LogP) is 6.27. The Morgan fingerprint density at radius 1 is 1.00 bits per heavy atom. The van der Waals surface area contributed by atoms with Crippen molar-refractivity contribution in [2.45, 2.75) is 13.5 Å². The highest BCUT2D eigenvalue weighted by atomic mass is 32.1. The van der Waals surface area contributed by atoms with Crippen LogP contribution < -0.4 is 4.74 Å². The highest BCUT2D eigenvalue weighted by molar-refractivity contribution is 7.13. The molecular weight excluding hydrogens is 384 g/mol. The van der Waals surface area contributed by atoms with E-state index in [1.54, 1.807) is 23.5 Å². The van der Waals surface area contributed by atoms with Crippen molar-refractivity contribution in [3.05, 3.63) is 99.4 Å². The molecule has 144 valence electrons. The molecule has 0 aliphatic heterocycles. The first kappa shape index (κ1) is 18.8. The van der Waals surface area contributed by atoms with E-state index >= 15 is 0 Å². The average Bonchev–Trinajstić information content (AvgIpc) is 3.23. The number of aryl methyl sites for hydroxylation is 1. The molecule has 0 unspecified atom stereocenters. The molecule has 29 heavy (non-hydrogen) atoms. The number of benzene rings is 3. The summed E-state index contributed by atoms with van der Waals surface area (Å²) in [5, 5.41) is 13.7. The molecular formula is C23H18N2O3S. The number of hydrogen-bond acceptors (Lipinski definition) is 5. The van der Waals surface area contributed by atoms with E-state index in [9.17, 15) is 10.1 Å². The lowest BCUT2D eigenvalue weighted by Gasteiger charge is -2.11. The van der Waals surface area contributed by atoms with Crippen LogP contribution in [-0.4, -0.2) is 9.91 Å². The average molecular weight is 402 g/mol. The van der Waals surface area contributed by atoms with Gasteiger partial charge in [0, 0.05) is 28.6 Å². The van der Waals surface area contributed by atoms with E-state index < -0.39 is 4.92 Å². The normalized spacial score (nSPS) is 10.7. The second kappa shape index (κ2) is 8.24. The van der Waals surface area contributed by atoms with E-state index in [0.717, 1.165) is 38.7 Å². The van der Waals surface area contributed by atoms with Crippen LogP contribution >= 0.6 is 11.3 Å². The van der Waals surface area contributed by atoms with Crippen LogP contribution in [-0.2, 0) is 6.61 Å². The first-order valence-corrected chi connectivity index (χ1v) is 9.97. The molecule has 0 radical (unpaired) electrons. The minimum Gasteiger partial charge on any atom is -0.489 e. The smallest absolute Gasteiger partial charge is 0.269 e. The molecule has 1 heterocycles. The highest BCUT2D eigenvalue weighted by Crippen LogP contribution is 2.32. The summed E-state index contributed by atoms with van der Waals surface area (Å²) in [6.45, 7) is 2.48. The van der Waals surface area contributed by atoms with Gasteiger partial charge in [-0.1, -0.05) is 42.5 Å². The molecule has 6 heteroatoms. The Labute approximate surface area is 172 Å². The van der Waals surface area contributed by atoms with Gasteiger partial charge in [0.2, 0.25) is 0 Å². The van der Waals surface area contributed by atoms with Crippen LogP contribution in [0, 0.1) is 17.0 Å². The molecule has 1 aromatic heterocycles. The number of ether oxygens (including phenoxy) is 1. The zero-order chi connectivity index (χ0) is 20.2. The summed E-state index contributed by atoms with van der Waals surface area (Å²) in [7, 11) is 0. The van der Waals surface area contributed by atoms with Gasteiger partial charge in [-0.25, -0.2) is 4.98 Å². The number of nitro benzene ring substituents is 1. The molecule has 4 aromatic rings. The van der Waals surface area contributed by atoms with Gasteiger partial charge in [0.05, 0.1) is 10.6 Å². The SMILES string of the molecule is Cc1ccccc1OCc1ccccc1-c1nc(-c2ccc([N+](=O)[O-])cc2)cs1. The second-order valence-electron chi connectivity index (χ2n) is 6.55. The summed E-state index contributed by atoms with van der Waals surface area (Å²) >= 11 is 1.55. The molecule has 0 bridgehead atoms. The fourth-order valence-electron chi connectivity index (χ4n) is 3.01. The first-order valence-electron chi connectivity index (χ1n) is 9.09. The Balaban J connectivity index is 1.58. The number of rotatable bonds is 6. The first-order chi connectivity index (χ1) is 14.1. The van der Waals surface area contributed by atoms with Crippen molar-refractivity contribution in [1.82, 2.24) is 4.98 Å². The number of nitro groups is 1. The van der Waals surface area contributed by atoms with Gasteiger partial charge in [-0.3, -0.25) is 10.1 Å². The Hall–Kier alpha value is -3.51. The fraction of sp³-hybridized carbons (Fsp3) is 0.0870. The second-order valence-corrected chi connectivity index (χ2v) is 7.41. The van der Waals surface area contributed by atoms with Gasteiger partial charge in [-0.15, -0.1) is 11.3 Å². The summed E-state index contributed by atoms with van der Waals surface area (Å²) in [4.78, 5) is 15.2. The quantitative estimate of drug-likeness (QED) is 0.281. The van der Waals surface area contributed by atoms with E-state index in [1.807, 2.05) is 60.8 Å². The molecule has 4 rings (SSSR count). The maximum atomic E-state index is 10.8. The fourth-order valence-corrected chi connectivity index (χ4v) is 3.90. The third-order valence-electron chi connectivity index (χ3n) is 4.60. The van der Waals surface area contributed by atoms with Gasteiger partial charge in [0.25, 0.3) is 5.69 Å². The van der Waals surface area contributed by atoms with E-state index in [-0.39, 0.29) is 5.69 Å². The Kier molecular flexibility index (Phi) is 5.35. The van der Waals surface area contributed by atoms with E-state index in [0.29, 0.717) is 6.61 Å². The van der Waals surface area contributed by atoms with Crippen molar-refractivity contribution < 1.29 is 9.66 Å². The molecule has 0 fully saturated rings. The maximum absolute atomic E-state index is 10.8. The van der Waals surface area contributed by atoms with Gasteiger partial charge in [0.1, 0.15) is 17.4 Å². The van der Waals surface area contributed by atoms with Gasteiger partial charge in [-0.2, -0.15) is 0 Å². The van der Waals surface area contributed by atoms with Crippen molar-refractivity contribution in [3.63, 3.8) is 0 Å². The molecule has 0 spiro atoms. The number of aromatic nitrogens is 1. The lowest BCUT2D eigenvalue weighted by molar-refractivity contribution is -0.384. The molecule has 0 atom stereocenters. The number of non-ortho nitro benzene ring substituents is 1. The van der Waals surface area contributed by atoms with Crippen LogP contribution in [0.4, 0.5) is 5.69 Å². The minimum absolute atomic E-state index is 0.0721. The van der Waals surface area contributed by atoms with Crippen LogP contribution in [0.15, 0.2) is 78.2 Å². The van der Waals surface area contributed by atoms with Gasteiger partial charge in [0.15, 0.2) is 0 Å². The molecule has 5 nitrogen and oxygen atoms in total. The lowest BCUT2D eigenvalue weighted by atomic mass is 10.1. The number of hydrogen-bond donors (Lipinski definition) is 0. The van der Waals surface area contributed by atoms with Crippen molar-refractivity contribution >= 4 is 17.0 Å². The Morgan fingerprint density at radius 3 is 2.48 bits per heavy atom. The van der Waals surface area contributed by atoms with E-state index in [1.165, 1.54) is 12.1 Å². The van der Waals surface area contributed by atoms with Crippen molar-refractivity contribution in [3.8, 4) is 27.6 Å². The summed E-state index contributed by atoms with van der Waals surface area (Å²) in [5.41, 5.74) is 4.91. The minimum atomic E-state index is -0.402. The molecule has 0 saturated carbocycles. The maximum Gasteiger partial charge on any atom is 0.269 e. The largest absolute Gasteiger partial charge is 0.489 e. The Morgan fingerprint density at radius 2 is 1.72 bits per heavy atom.